The summed E-state index contributed by atoms with van der Waals surface area (Å²) in [6.07, 6.45) is 4.17. The van der Waals surface area contributed by atoms with Crippen LogP contribution < -0.4 is 10.3 Å². The van der Waals surface area contributed by atoms with E-state index in [1.807, 2.05) is 19.1 Å². The van der Waals surface area contributed by atoms with Crippen LogP contribution in [0.5, 0.6) is 5.75 Å². The maximum absolute atomic E-state index is 12.0. The zero-order chi connectivity index (χ0) is 17.7. The Bertz CT molecular complexity index is 1050. The number of benzene rings is 2. The third-order valence-corrected chi connectivity index (χ3v) is 5.92. The Balaban J connectivity index is 1.48. The Morgan fingerprint density at radius 3 is 2.85 bits per heavy atom. The first kappa shape index (κ1) is 15.7. The number of hydrogen-bond acceptors (Lipinski definition) is 2. The van der Waals surface area contributed by atoms with Crippen LogP contribution in [0.2, 0.25) is 0 Å². The van der Waals surface area contributed by atoms with Gasteiger partial charge in [0, 0.05) is 11.1 Å². The van der Waals surface area contributed by atoms with Crippen LogP contribution in [0.1, 0.15) is 47.9 Å². The fraction of sp³-hybridized carbons (Fsp3) is 0.348. The predicted octanol–water partition coefficient (Wildman–Crippen LogP) is 4.57. The minimum atomic E-state index is 0.0255. The highest BCUT2D eigenvalue weighted by Gasteiger charge is 2.41. The van der Waals surface area contributed by atoms with Crippen molar-refractivity contribution >= 4 is 10.9 Å². The van der Waals surface area contributed by atoms with Crippen molar-refractivity contribution in [2.45, 2.75) is 38.5 Å². The molecular formula is C23H23NO2. The molecule has 1 aliphatic carbocycles. The Labute approximate surface area is 153 Å². The summed E-state index contributed by atoms with van der Waals surface area (Å²) in [6.45, 7) is 2.87. The average Bonchev–Trinajstić information content (AvgIpc) is 3.42. The number of pyridine rings is 1. The number of H-pyrrole nitrogens is 1. The summed E-state index contributed by atoms with van der Waals surface area (Å²) in [6, 6.07) is 15.1. The number of rotatable bonds is 3. The smallest absolute Gasteiger partial charge is 0.251 e. The van der Waals surface area contributed by atoms with Gasteiger partial charge in [0.25, 0.3) is 5.56 Å². The summed E-state index contributed by atoms with van der Waals surface area (Å²) in [4.78, 5) is 15.0. The second-order valence-electron chi connectivity index (χ2n) is 7.69. The Hall–Kier alpha value is -2.55. The first-order valence-electron chi connectivity index (χ1n) is 9.61. The Morgan fingerprint density at radius 1 is 1.12 bits per heavy atom. The van der Waals surface area contributed by atoms with E-state index >= 15 is 0 Å². The zero-order valence-corrected chi connectivity index (χ0v) is 15.0. The van der Waals surface area contributed by atoms with Crippen molar-refractivity contribution in [3.05, 3.63) is 75.1 Å². The summed E-state index contributed by atoms with van der Waals surface area (Å²) in [5.41, 5.74) is 5.79. The number of nitrogens with one attached hydrogen (secondary N) is 1. The molecule has 2 aromatic carbocycles. The van der Waals surface area contributed by atoms with Crippen LogP contribution in [-0.2, 0) is 12.8 Å². The molecule has 2 aliphatic rings. The highest BCUT2D eigenvalue weighted by Crippen LogP contribution is 2.54. The number of aromatic amines is 1. The molecule has 0 bridgehead atoms. The lowest BCUT2D eigenvalue weighted by Crippen LogP contribution is -2.11. The largest absolute Gasteiger partial charge is 0.493 e. The van der Waals surface area contributed by atoms with Crippen molar-refractivity contribution < 1.29 is 4.74 Å². The topological polar surface area (TPSA) is 42.1 Å². The number of hydrogen-bond donors (Lipinski definition) is 1. The van der Waals surface area contributed by atoms with Crippen LogP contribution in [0.3, 0.4) is 0 Å². The van der Waals surface area contributed by atoms with Crippen LogP contribution in [-0.4, -0.2) is 11.6 Å². The van der Waals surface area contributed by atoms with Gasteiger partial charge < -0.3 is 9.72 Å². The molecule has 5 rings (SSSR count). The lowest BCUT2D eigenvalue weighted by molar-refractivity contribution is 0.308. The van der Waals surface area contributed by atoms with Crippen molar-refractivity contribution in [2.75, 3.05) is 6.61 Å². The lowest BCUT2D eigenvalue weighted by Gasteiger charge is -2.11. The molecule has 3 heteroatoms. The van der Waals surface area contributed by atoms with E-state index in [4.69, 9.17) is 4.74 Å². The van der Waals surface area contributed by atoms with Crippen LogP contribution in [0, 0.1) is 5.92 Å². The lowest BCUT2D eigenvalue weighted by atomic mass is 9.98. The third kappa shape index (κ3) is 2.72. The Kier molecular flexibility index (Phi) is 3.63. The van der Waals surface area contributed by atoms with Gasteiger partial charge in [-0.25, -0.2) is 0 Å². The maximum atomic E-state index is 12.0. The highest BCUT2D eigenvalue weighted by molar-refractivity contribution is 5.79. The fourth-order valence-corrected chi connectivity index (χ4v) is 4.31. The molecule has 2 atom stereocenters. The average molecular weight is 345 g/mol. The van der Waals surface area contributed by atoms with Gasteiger partial charge in [0.1, 0.15) is 5.75 Å². The molecule has 0 amide bonds. The first-order chi connectivity index (χ1) is 12.7. The normalized spacial score (nSPS) is 20.8. The van der Waals surface area contributed by atoms with Crippen LogP contribution in [0.25, 0.3) is 10.9 Å². The molecule has 2 unspecified atom stereocenters. The zero-order valence-electron chi connectivity index (χ0n) is 15.0. The number of fused-ring (bicyclic) bond motifs is 4. The SMILES string of the molecule is CCc1cc2cc(Cc3ccc4c(c3)C3CC3CCO4)ccc2[nH]c1=O. The number of aromatic nitrogens is 1. The summed E-state index contributed by atoms with van der Waals surface area (Å²) in [7, 11) is 0. The van der Waals surface area contributed by atoms with E-state index < -0.39 is 0 Å². The summed E-state index contributed by atoms with van der Waals surface area (Å²) >= 11 is 0. The second kappa shape index (κ2) is 6.01. The van der Waals surface area contributed by atoms with Gasteiger partial charge in [-0.15, -0.1) is 0 Å². The van der Waals surface area contributed by atoms with Crippen molar-refractivity contribution in [1.82, 2.24) is 4.98 Å². The van der Waals surface area contributed by atoms with E-state index in [1.54, 1.807) is 0 Å². The van der Waals surface area contributed by atoms with E-state index in [0.29, 0.717) is 5.92 Å². The minimum absolute atomic E-state index is 0.0255. The van der Waals surface area contributed by atoms with Crippen LogP contribution >= 0.6 is 0 Å². The molecule has 3 aromatic rings. The molecule has 0 spiro atoms. The van der Waals surface area contributed by atoms with Crippen LogP contribution in [0.15, 0.2) is 47.3 Å². The van der Waals surface area contributed by atoms with Gasteiger partial charge in [-0.05, 0) is 83.9 Å². The molecule has 2 heterocycles. The molecule has 1 aromatic heterocycles. The van der Waals surface area contributed by atoms with E-state index in [1.165, 1.54) is 29.5 Å². The quantitative estimate of drug-likeness (QED) is 0.756. The molecule has 1 aliphatic heterocycles. The molecule has 132 valence electrons. The number of aryl methyl sites for hydroxylation is 1. The van der Waals surface area contributed by atoms with Crippen molar-refractivity contribution in [3.63, 3.8) is 0 Å². The summed E-state index contributed by atoms with van der Waals surface area (Å²) in [5, 5.41) is 1.11. The van der Waals surface area contributed by atoms with Gasteiger partial charge in [0.2, 0.25) is 0 Å². The standard InChI is InChI=1S/C23H23NO2/c1-2-16-12-18-10-14(3-5-21(18)24-23(16)25)9-15-4-6-22-20(11-15)19-13-17(19)7-8-26-22/h3-6,10-12,17,19H,2,7-9,13H2,1H3,(H,24,25). The highest BCUT2D eigenvalue weighted by atomic mass is 16.5. The van der Waals surface area contributed by atoms with Gasteiger partial charge in [-0.3, -0.25) is 4.79 Å². The van der Waals surface area contributed by atoms with Crippen molar-refractivity contribution in [1.29, 1.82) is 0 Å². The molecular weight excluding hydrogens is 322 g/mol. The van der Waals surface area contributed by atoms with Gasteiger partial charge >= 0.3 is 0 Å². The van der Waals surface area contributed by atoms with Crippen molar-refractivity contribution in [2.24, 2.45) is 5.92 Å². The molecule has 1 N–H and O–H groups in total. The molecule has 1 saturated carbocycles. The maximum Gasteiger partial charge on any atom is 0.251 e. The molecule has 1 fully saturated rings. The molecule has 26 heavy (non-hydrogen) atoms. The molecule has 0 radical (unpaired) electrons. The number of ether oxygens (including phenoxy) is 1. The second-order valence-corrected chi connectivity index (χ2v) is 7.69. The van der Waals surface area contributed by atoms with Gasteiger partial charge in [-0.2, -0.15) is 0 Å². The predicted molar refractivity (Wildman–Crippen MR) is 104 cm³/mol. The van der Waals surface area contributed by atoms with Gasteiger partial charge in [0.15, 0.2) is 0 Å². The van der Waals surface area contributed by atoms with E-state index in [0.717, 1.165) is 47.6 Å². The van der Waals surface area contributed by atoms with Crippen LogP contribution in [0.4, 0.5) is 0 Å². The summed E-state index contributed by atoms with van der Waals surface area (Å²) in [5.74, 6) is 2.63. The van der Waals surface area contributed by atoms with E-state index in [9.17, 15) is 4.79 Å². The van der Waals surface area contributed by atoms with E-state index in [-0.39, 0.29) is 5.56 Å². The van der Waals surface area contributed by atoms with Gasteiger partial charge in [0.05, 0.1) is 6.61 Å². The third-order valence-electron chi connectivity index (χ3n) is 5.92. The first-order valence-corrected chi connectivity index (χ1v) is 9.61. The van der Waals surface area contributed by atoms with Crippen molar-refractivity contribution in [3.8, 4) is 5.75 Å². The monoisotopic (exact) mass is 345 g/mol. The van der Waals surface area contributed by atoms with E-state index in [2.05, 4.69) is 35.3 Å². The Morgan fingerprint density at radius 2 is 1.96 bits per heavy atom. The fourth-order valence-electron chi connectivity index (χ4n) is 4.31. The minimum Gasteiger partial charge on any atom is -0.493 e. The van der Waals surface area contributed by atoms with Gasteiger partial charge in [-0.1, -0.05) is 25.1 Å². The summed E-state index contributed by atoms with van der Waals surface area (Å²) < 4.78 is 5.92. The molecule has 0 saturated heterocycles. The molecule has 3 nitrogen and oxygen atoms in total.